The van der Waals surface area contributed by atoms with Gasteiger partial charge < -0.3 is 85.3 Å². The van der Waals surface area contributed by atoms with Gasteiger partial charge in [-0.25, -0.2) is 19.2 Å². The third-order valence-electron chi connectivity index (χ3n) is 8.66. The molecular formula is C34H26O21. The van der Waals surface area contributed by atoms with Gasteiger partial charge in [0.25, 0.3) is 0 Å². The second kappa shape index (κ2) is 13.4. The molecule has 0 spiro atoms. The van der Waals surface area contributed by atoms with E-state index in [2.05, 4.69) is 0 Å². The van der Waals surface area contributed by atoms with Gasteiger partial charge in [-0.3, -0.25) is 0 Å². The van der Waals surface area contributed by atoms with Crippen LogP contribution in [0.25, 0.3) is 11.1 Å². The zero-order valence-corrected chi connectivity index (χ0v) is 27.1. The van der Waals surface area contributed by atoms with Crippen molar-refractivity contribution in [3.63, 3.8) is 0 Å². The fourth-order valence-electron chi connectivity index (χ4n) is 5.99. The second-order valence-corrected chi connectivity index (χ2v) is 12.1. The van der Waals surface area contributed by atoms with E-state index >= 15 is 0 Å². The molecule has 5 atom stereocenters. The molecule has 0 saturated heterocycles. The number of benzene rings is 4. The maximum Gasteiger partial charge on any atom is 0.339 e. The molecule has 288 valence electrons. The van der Waals surface area contributed by atoms with E-state index in [9.17, 15) is 85.6 Å². The van der Waals surface area contributed by atoms with Crippen molar-refractivity contribution < 1.29 is 105 Å². The van der Waals surface area contributed by atoms with Crippen LogP contribution in [0.15, 0.2) is 36.4 Å². The number of aromatic hydroxyl groups is 12. The van der Waals surface area contributed by atoms with Gasteiger partial charge in [-0.15, -0.1) is 0 Å². The minimum Gasteiger partial charge on any atom is -0.504 e. The van der Waals surface area contributed by atoms with E-state index in [-0.39, 0.29) is 0 Å². The predicted molar refractivity (Wildman–Crippen MR) is 172 cm³/mol. The van der Waals surface area contributed by atoms with E-state index in [0.717, 1.165) is 0 Å². The van der Waals surface area contributed by atoms with E-state index in [4.69, 9.17) is 18.9 Å². The highest BCUT2D eigenvalue weighted by atomic mass is 16.6. The lowest BCUT2D eigenvalue weighted by Gasteiger charge is -2.43. The summed E-state index contributed by atoms with van der Waals surface area (Å²) < 4.78 is 21.9. The first-order valence-electron chi connectivity index (χ1n) is 15.4. The Hall–Kier alpha value is -7.68. The molecule has 4 aromatic rings. The molecular weight excluding hydrogens is 744 g/mol. The Balaban J connectivity index is 1.52. The molecule has 1 aliphatic carbocycles. The minimum atomic E-state index is -2.28. The van der Waals surface area contributed by atoms with Gasteiger partial charge in [-0.2, -0.15) is 0 Å². The highest BCUT2D eigenvalue weighted by molar-refractivity contribution is 6.08. The summed E-state index contributed by atoms with van der Waals surface area (Å²) in [5.74, 6) is -19.9. The van der Waals surface area contributed by atoms with Gasteiger partial charge in [-0.1, -0.05) is 0 Å². The first-order valence-corrected chi connectivity index (χ1v) is 15.4. The summed E-state index contributed by atoms with van der Waals surface area (Å²) in [5, 5.41) is 133. The molecule has 55 heavy (non-hydrogen) atoms. The Morgan fingerprint density at radius 2 is 0.873 bits per heavy atom. The van der Waals surface area contributed by atoms with Gasteiger partial charge in [-0.05, 0) is 36.4 Å². The molecule has 4 aromatic carbocycles. The van der Waals surface area contributed by atoms with Crippen LogP contribution in [0.5, 0.6) is 69.0 Å². The van der Waals surface area contributed by atoms with Crippen LogP contribution < -0.4 is 0 Å². The number of hydrogen-bond donors (Lipinski definition) is 13. The van der Waals surface area contributed by atoms with Gasteiger partial charge in [0.15, 0.2) is 75.8 Å². The van der Waals surface area contributed by atoms with Crippen molar-refractivity contribution in [2.45, 2.75) is 36.9 Å². The van der Waals surface area contributed by atoms with Crippen molar-refractivity contribution >= 4 is 23.9 Å². The summed E-state index contributed by atoms with van der Waals surface area (Å²) in [4.78, 5) is 54.5. The number of hydrogen-bond acceptors (Lipinski definition) is 21. The lowest BCUT2D eigenvalue weighted by atomic mass is 9.85. The number of rotatable bonds is 4. The first kappa shape index (κ1) is 37.1. The lowest BCUT2D eigenvalue weighted by Crippen LogP contribution is -2.61. The lowest BCUT2D eigenvalue weighted by molar-refractivity contribution is -0.181. The van der Waals surface area contributed by atoms with Crippen LogP contribution in [-0.2, 0) is 18.9 Å². The molecule has 13 N–H and O–H groups in total. The summed E-state index contributed by atoms with van der Waals surface area (Å²) in [6.45, 7) is 0. The van der Waals surface area contributed by atoms with Crippen LogP contribution in [0.3, 0.4) is 0 Å². The standard InChI is InChI=1S/C34H26O21/c35-12-1-8(2-13(36)22(12)42)31(48)52-19-7-18(41)28(53-32(49)9-3-14(37)23(43)15(38)4-9)30-29(19)54-33(50)10-5-16(39)24(44)26(46)20(10)21-11(34(51)55-30)6-17(40)25(45)27(21)47/h1-6,18-19,28-30,35-47H,7H2. The number of fused-ring (bicyclic) bond motifs is 4. The van der Waals surface area contributed by atoms with Crippen LogP contribution in [0.4, 0.5) is 0 Å². The number of aliphatic hydroxyl groups excluding tert-OH is 1. The number of carbonyl (C=O) groups is 4. The molecule has 1 aliphatic heterocycles. The molecule has 0 radical (unpaired) electrons. The second-order valence-electron chi connectivity index (χ2n) is 12.1. The van der Waals surface area contributed by atoms with Gasteiger partial charge in [0.2, 0.25) is 11.5 Å². The van der Waals surface area contributed by atoms with Crippen LogP contribution in [0.2, 0.25) is 0 Å². The Bertz CT molecular complexity index is 2270. The van der Waals surface area contributed by atoms with Gasteiger partial charge >= 0.3 is 23.9 Å². The molecule has 1 heterocycles. The maximum atomic E-state index is 14.0. The Morgan fingerprint density at radius 1 is 0.509 bits per heavy atom. The zero-order valence-electron chi connectivity index (χ0n) is 27.1. The monoisotopic (exact) mass is 770 g/mol. The summed E-state index contributed by atoms with van der Waals surface area (Å²) in [6, 6.07) is 3.54. The van der Waals surface area contributed by atoms with Crippen molar-refractivity contribution in [2.24, 2.45) is 0 Å². The van der Waals surface area contributed by atoms with Crippen LogP contribution >= 0.6 is 0 Å². The molecule has 5 unspecified atom stereocenters. The van der Waals surface area contributed by atoms with Crippen molar-refractivity contribution in [1.29, 1.82) is 0 Å². The fraction of sp³-hybridized carbons (Fsp3) is 0.176. The number of phenols is 12. The summed E-state index contributed by atoms with van der Waals surface area (Å²) >= 11 is 0. The highest BCUT2D eigenvalue weighted by Gasteiger charge is 2.54. The maximum absolute atomic E-state index is 14.0. The average molecular weight is 771 g/mol. The first-order chi connectivity index (χ1) is 25.8. The van der Waals surface area contributed by atoms with Crippen LogP contribution in [0, 0.1) is 0 Å². The topological polar surface area (TPSA) is 368 Å². The SMILES string of the molecule is O=C(OC1CC(O)C(OC(=O)c2cc(O)c(O)c(O)c2)C2OC(=O)c3cc(O)c(O)c(O)c3-c3c(cc(O)c(O)c3O)C(=O)OC12)c1cc(O)c(O)c(O)c1. The zero-order chi connectivity index (χ0) is 40.4. The molecule has 2 aliphatic rings. The third-order valence-corrected chi connectivity index (χ3v) is 8.66. The van der Waals surface area contributed by atoms with Crippen molar-refractivity contribution in [2.75, 3.05) is 0 Å². The Labute approximate surface area is 304 Å². The molecule has 0 amide bonds. The quantitative estimate of drug-likeness (QED) is 0.0784. The van der Waals surface area contributed by atoms with E-state index in [1.807, 2.05) is 0 Å². The smallest absolute Gasteiger partial charge is 0.339 e. The summed E-state index contributed by atoms with van der Waals surface area (Å²) in [5.41, 5.74) is -5.20. The number of aliphatic hydroxyl groups is 1. The largest absolute Gasteiger partial charge is 0.504 e. The Morgan fingerprint density at radius 3 is 1.29 bits per heavy atom. The van der Waals surface area contributed by atoms with E-state index in [0.29, 0.717) is 36.4 Å². The average Bonchev–Trinajstić information content (AvgIpc) is 3.12. The van der Waals surface area contributed by atoms with Gasteiger partial charge in [0.1, 0.15) is 6.10 Å². The van der Waals surface area contributed by atoms with E-state index in [1.54, 1.807) is 0 Å². The molecule has 0 aromatic heterocycles. The minimum absolute atomic E-state index is 0.478. The number of esters is 4. The molecule has 21 nitrogen and oxygen atoms in total. The molecule has 1 fully saturated rings. The Kier molecular flexibility index (Phi) is 9.02. The summed E-state index contributed by atoms with van der Waals surface area (Å²) in [6.07, 6.45) is -11.4. The van der Waals surface area contributed by atoms with E-state index < -0.39 is 163 Å². The van der Waals surface area contributed by atoms with Gasteiger partial charge in [0, 0.05) is 17.5 Å². The van der Waals surface area contributed by atoms with Crippen LogP contribution in [-0.4, -0.2) is 121 Å². The predicted octanol–water partition coefficient (Wildman–Crippen LogP) is 1.10. The highest BCUT2D eigenvalue weighted by Crippen LogP contribution is 2.53. The number of ether oxygens (including phenoxy) is 4. The molecule has 6 rings (SSSR count). The number of phenolic OH excluding ortho intramolecular Hbond substituents is 12. The van der Waals surface area contributed by atoms with Crippen LogP contribution in [0.1, 0.15) is 47.9 Å². The molecule has 1 saturated carbocycles. The molecule has 21 heteroatoms. The number of carbonyl (C=O) groups excluding carboxylic acids is 4. The summed E-state index contributed by atoms with van der Waals surface area (Å²) in [7, 11) is 0. The van der Waals surface area contributed by atoms with Crippen molar-refractivity contribution in [3.8, 4) is 80.1 Å². The normalized spacial score (nSPS) is 20.5. The van der Waals surface area contributed by atoms with E-state index in [1.165, 1.54) is 0 Å². The third kappa shape index (κ3) is 6.28. The van der Waals surface area contributed by atoms with Gasteiger partial charge in [0.05, 0.1) is 28.4 Å². The fourth-order valence-corrected chi connectivity index (χ4v) is 5.99. The molecule has 0 bridgehead atoms. The van der Waals surface area contributed by atoms with Crippen molar-refractivity contribution in [3.05, 3.63) is 58.7 Å². The van der Waals surface area contributed by atoms with Crippen molar-refractivity contribution in [1.82, 2.24) is 0 Å².